The van der Waals surface area contributed by atoms with Crippen LogP contribution in [0.25, 0.3) is 11.0 Å². The van der Waals surface area contributed by atoms with Crippen LogP contribution in [0.3, 0.4) is 0 Å². The number of nitrogens with one attached hydrogen (secondary N) is 1. The summed E-state index contributed by atoms with van der Waals surface area (Å²) in [4.78, 5) is 14.5. The monoisotopic (exact) mass is 356 g/mol. The van der Waals surface area contributed by atoms with Crippen LogP contribution in [-0.2, 0) is 0 Å². The van der Waals surface area contributed by atoms with Crippen LogP contribution in [-0.4, -0.2) is 25.3 Å². The van der Waals surface area contributed by atoms with Gasteiger partial charge >= 0.3 is 6.03 Å². The molecule has 25 heavy (non-hydrogen) atoms. The number of urea groups is 1. The molecule has 0 aliphatic rings. The lowest BCUT2D eigenvalue weighted by Crippen LogP contribution is -2.27. The van der Waals surface area contributed by atoms with Gasteiger partial charge in [-0.3, -0.25) is 0 Å². The first-order valence-corrected chi connectivity index (χ1v) is 8.21. The SMILES string of the molecule is Cc1cc(C)cc(NC(=O)N(S)c2noc3cccc(N(C)C)c23)c1. The van der Waals surface area contributed by atoms with E-state index in [1.54, 1.807) is 0 Å². The zero-order valence-electron chi connectivity index (χ0n) is 14.6. The van der Waals surface area contributed by atoms with Gasteiger partial charge in [-0.1, -0.05) is 30.1 Å². The number of carbonyl (C=O) groups excluding carboxylic acids is 1. The molecule has 6 nitrogen and oxygen atoms in total. The number of anilines is 3. The van der Waals surface area contributed by atoms with Crippen LogP contribution in [0, 0.1) is 13.8 Å². The van der Waals surface area contributed by atoms with Crippen molar-refractivity contribution in [1.82, 2.24) is 5.16 Å². The molecule has 0 atom stereocenters. The summed E-state index contributed by atoms with van der Waals surface area (Å²) in [6, 6.07) is 11.1. The van der Waals surface area contributed by atoms with Crippen molar-refractivity contribution in [2.75, 3.05) is 28.6 Å². The Morgan fingerprint density at radius 2 is 1.84 bits per heavy atom. The van der Waals surface area contributed by atoms with E-state index in [2.05, 4.69) is 23.3 Å². The first kappa shape index (κ1) is 17.2. The molecule has 0 unspecified atom stereocenters. The fourth-order valence-electron chi connectivity index (χ4n) is 2.80. The molecule has 0 fully saturated rings. The normalized spacial score (nSPS) is 10.8. The van der Waals surface area contributed by atoms with Gasteiger partial charge in [-0.2, -0.15) is 0 Å². The highest BCUT2D eigenvalue weighted by Crippen LogP contribution is 2.35. The third-order valence-electron chi connectivity index (χ3n) is 3.81. The van der Waals surface area contributed by atoms with Crippen molar-refractivity contribution in [2.45, 2.75) is 13.8 Å². The number of amides is 2. The third-order valence-corrected chi connectivity index (χ3v) is 4.18. The highest BCUT2D eigenvalue weighted by atomic mass is 32.1. The zero-order valence-corrected chi connectivity index (χ0v) is 15.5. The van der Waals surface area contributed by atoms with Gasteiger partial charge in [0.05, 0.1) is 11.1 Å². The van der Waals surface area contributed by atoms with Gasteiger partial charge in [-0.15, -0.1) is 0 Å². The molecular formula is C18H20N4O2S. The maximum absolute atomic E-state index is 12.6. The number of aryl methyl sites for hydroxylation is 2. The molecule has 7 heteroatoms. The fraction of sp³-hybridized carbons (Fsp3) is 0.222. The Bertz CT molecular complexity index is 916. The van der Waals surface area contributed by atoms with E-state index in [9.17, 15) is 4.79 Å². The molecule has 0 aliphatic carbocycles. The van der Waals surface area contributed by atoms with Crippen LogP contribution in [0.4, 0.5) is 22.0 Å². The van der Waals surface area contributed by atoms with Crippen molar-refractivity contribution in [1.29, 1.82) is 0 Å². The molecule has 2 aromatic carbocycles. The van der Waals surface area contributed by atoms with Crippen molar-refractivity contribution in [2.24, 2.45) is 0 Å². The highest BCUT2D eigenvalue weighted by Gasteiger charge is 2.22. The van der Waals surface area contributed by atoms with Gasteiger partial charge in [0.1, 0.15) is 0 Å². The Balaban J connectivity index is 1.94. The molecule has 1 N–H and O–H groups in total. The van der Waals surface area contributed by atoms with E-state index in [0.717, 1.165) is 26.5 Å². The molecule has 0 aliphatic heterocycles. The van der Waals surface area contributed by atoms with Gasteiger partial charge in [-0.05, 0) is 49.2 Å². The van der Waals surface area contributed by atoms with Crippen molar-refractivity contribution >= 4 is 47.0 Å². The molecule has 0 saturated heterocycles. The molecule has 3 rings (SSSR count). The van der Waals surface area contributed by atoms with Crippen LogP contribution in [0.5, 0.6) is 0 Å². The second-order valence-corrected chi connectivity index (χ2v) is 6.57. The summed E-state index contributed by atoms with van der Waals surface area (Å²) in [5.41, 5.74) is 4.35. The highest BCUT2D eigenvalue weighted by molar-refractivity contribution is 7.82. The average Bonchev–Trinajstić information content (AvgIpc) is 2.96. The summed E-state index contributed by atoms with van der Waals surface area (Å²) >= 11 is 4.33. The third kappa shape index (κ3) is 3.41. The summed E-state index contributed by atoms with van der Waals surface area (Å²) in [7, 11) is 3.84. The van der Waals surface area contributed by atoms with Crippen molar-refractivity contribution in [3.05, 3.63) is 47.5 Å². The molecule has 3 aromatic rings. The Hall–Kier alpha value is -2.67. The first-order chi connectivity index (χ1) is 11.9. The van der Waals surface area contributed by atoms with E-state index in [-0.39, 0.29) is 0 Å². The van der Waals surface area contributed by atoms with Gasteiger partial charge in [0.15, 0.2) is 11.4 Å². The number of hydrogen-bond donors (Lipinski definition) is 2. The first-order valence-electron chi connectivity index (χ1n) is 7.81. The number of benzene rings is 2. The smallest absolute Gasteiger partial charge is 0.337 e. The lowest BCUT2D eigenvalue weighted by Gasteiger charge is -2.17. The molecule has 0 bridgehead atoms. The molecule has 0 radical (unpaired) electrons. The molecule has 130 valence electrons. The Labute approximate surface area is 151 Å². The lowest BCUT2D eigenvalue weighted by atomic mass is 10.1. The summed E-state index contributed by atoms with van der Waals surface area (Å²) in [5.74, 6) is 0.351. The molecule has 2 amide bonds. The van der Waals surface area contributed by atoms with Crippen molar-refractivity contribution in [3.8, 4) is 0 Å². The van der Waals surface area contributed by atoms with E-state index in [1.165, 1.54) is 0 Å². The number of nitrogens with zero attached hydrogens (tertiary/aromatic N) is 3. The summed E-state index contributed by atoms with van der Waals surface area (Å²) in [5, 5.41) is 7.60. The Morgan fingerprint density at radius 1 is 1.16 bits per heavy atom. The van der Waals surface area contributed by atoms with Crippen LogP contribution in [0.2, 0.25) is 0 Å². The molecule has 1 aromatic heterocycles. The second kappa shape index (κ2) is 6.68. The van der Waals surface area contributed by atoms with Gasteiger partial charge in [-0.25, -0.2) is 9.10 Å². The van der Waals surface area contributed by atoms with Gasteiger partial charge in [0.2, 0.25) is 0 Å². The minimum atomic E-state index is -0.405. The predicted octanol–water partition coefficient (Wildman–Crippen LogP) is 4.39. The maximum atomic E-state index is 12.6. The van der Waals surface area contributed by atoms with E-state index in [4.69, 9.17) is 4.52 Å². The summed E-state index contributed by atoms with van der Waals surface area (Å²) < 4.78 is 6.52. The quantitative estimate of drug-likeness (QED) is 0.683. The van der Waals surface area contributed by atoms with E-state index < -0.39 is 6.03 Å². The number of rotatable bonds is 3. The van der Waals surface area contributed by atoms with Crippen molar-refractivity contribution in [3.63, 3.8) is 0 Å². The number of fused-ring (bicyclic) bond motifs is 1. The number of hydrogen-bond acceptors (Lipinski definition) is 5. The minimum absolute atomic E-state index is 0.351. The fourth-order valence-corrected chi connectivity index (χ4v) is 2.98. The maximum Gasteiger partial charge on any atom is 0.337 e. The van der Waals surface area contributed by atoms with Gasteiger partial charge in [0.25, 0.3) is 0 Å². The van der Waals surface area contributed by atoms with E-state index in [0.29, 0.717) is 17.1 Å². The number of aromatic nitrogens is 1. The zero-order chi connectivity index (χ0) is 18.1. The van der Waals surface area contributed by atoms with Crippen LogP contribution in [0.1, 0.15) is 11.1 Å². The number of carbonyl (C=O) groups is 1. The predicted molar refractivity (Wildman–Crippen MR) is 105 cm³/mol. The van der Waals surface area contributed by atoms with E-state index in [1.807, 2.05) is 69.2 Å². The Kier molecular flexibility index (Phi) is 4.59. The lowest BCUT2D eigenvalue weighted by molar-refractivity contribution is 0.260. The Morgan fingerprint density at radius 3 is 2.48 bits per heavy atom. The van der Waals surface area contributed by atoms with Crippen LogP contribution in [0.15, 0.2) is 40.9 Å². The molecule has 0 saturated carbocycles. The summed E-state index contributed by atoms with van der Waals surface area (Å²) in [6.07, 6.45) is 0. The van der Waals surface area contributed by atoms with Gasteiger partial charge < -0.3 is 14.7 Å². The van der Waals surface area contributed by atoms with E-state index >= 15 is 0 Å². The van der Waals surface area contributed by atoms with Crippen LogP contribution >= 0.6 is 12.8 Å². The van der Waals surface area contributed by atoms with Crippen molar-refractivity contribution < 1.29 is 9.32 Å². The average molecular weight is 356 g/mol. The molecule has 1 heterocycles. The van der Waals surface area contributed by atoms with Gasteiger partial charge in [0, 0.05) is 19.8 Å². The summed E-state index contributed by atoms with van der Waals surface area (Å²) in [6.45, 7) is 3.96. The molecule has 0 spiro atoms. The second-order valence-electron chi connectivity index (χ2n) is 6.17. The van der Waals surface area contributed by atoms with Crippen LogP contribution < -0.4 is 14.5 Å². The number of thiol groups is 1. The molecular weight excluding hydrogens is 336 g/mol. The largest absolute Gasteiger partial charge is 0.377 e. The minimum Gasteiger partial charge on any atom is -0.377 e. The standard InChI is InChI=1S/C18H20N4O2S/c1-11-8-12(2)10-13(9-11)19-18(23)22(25)17-16-14(21(3)4)6-5-7-15(16)24-20-17/h5-10,25H,1-4H3,(H,19,23). The topological polar surface area (TPSA) is 61.6 Å².